The predicted octanol–water partition coefficient (Wildman–Crippen LogP) is 1.69. The summed E-state index contributed by atoms with van der Waals surface area (Å²) in [5, 5.41) is 17.5. The lowest BCUT2D eigenvalue weighted by Crippen LogP contribution is -2.01. The summed E-state index contributed by atoms with van der Waals surface area (Å²) in [5.41, 5.74) is 0.159. The first kappa shape index (κ1) is 10.5. The third-order valence-corrected chi connectivity index (χ3v) is 1.81. The van der Waals surface area contributed by atoms with Crippen LogP contribution < -0.4 is 0 Å². The molecule has 0 unspecified atom stereocenters. The Labute approximate surface area is 79.6 Å². The molecule has 74 valence electrons. The zero-order valence-electron chi connectivity index (χ0n) is 7.46. The molecule has 1 rings (SSSR count). The number of alkyl halides is 2. The summed E-state index contributed by atoms with van der Waals surface area (Å²) >= 11 is 0. The maximum atomic E-state index is 12.3. The third-order valence-electron chi connectivity index (χ3n) is 1.81. The number of aryl methyl sites for hydroxylation is 1. The van der Waals surface area contributed by atoms with Crippen molar-refractivity contribution in [2.75, 3.05) is 0 Å². The van der Waals surface area contributed by atoms with E-state index in [0.29, 0.717) is 0 Å². The smallest absolute Gasteiger partial charge is 0.280 e. The quantitative estimate of drug-likeness (QED) is 0.786. The van der Waals surface area contributed by atoms with E-state index < -0.39 is 18.7 Å². The van der Waals surface area contributed by atoms with Crippen molar-refractivity contribution in [2.24, 2.45) is 0 Å². The van der Waals surface area contributed by atoms with Crippen LogP contribution in [0, 0.1) is 18.3 Å². The maximum absolute atomic E-state index is 12.3. The number of aromatic nitrogens is 1. The van der Waals surface area contributed by atoms with Gasteiger partial charge in [0.15, 0.2) is 0 Å². The number of nitrogens with zero attached hydrogens (tertiary/aromatic N) is 2. The standard InChI is InChI=1S/C9H8F2N2O/c1-5-7(3-12)6(4-14)2-8(13-5)9(10)11/h2,9,14H,4H2,1H3. The van der Waals surface area contributed by atoms with Crippen LogP contribution in [0.1, 0.15) is 28.9 Å². The Morgan fingerprint density at radius 2 is 2.29 bits per heavy atom. The second kappa shape index (κ2) is 4.11. The summed E-state index contributed by atoms with van der Waals surface area (Å²) in [6, 6.07) is 2.87. The SMILES string of the molecule is Cc1nc(C(F)F)cc(CO)c1C#N. The number of pyridine rings is 1. The summed E-state index contributed by atoms with van der Waals surface area (Å²) in [4.78, 5) is 3.57. The lowest BCUT2D eigenvalue weighted by molar-refractivity contribution is 0.145. The van der Waals surface area contributed by atoms with E-state index in [1.807, 2.05) is 6.07 Å². The minimum absolute atomic E-state index is 0.164. The fraction of sp³-hybridized carbons (Fsp3) is 0.333. The number of aliphatic hydroxyl groups is 1. The molecular weight excluding hydrogens is 190 g/mol. The van der Waals surface area contributed by atoms with Crippen molar-refractivity contribution in [3.63, 3.8) is 0 Å². The van der Waals surface area contributed by atoms with E-state index in [1.165, 1.54) is 6.92 Å². The molecule has 0 radical (unpaired) electrons. The molecule has 0 saturated carbocycles. The molecule has 1 aromatic heterocycles. The van der Waals surface area contributed by atoms with Crippen molar-refractivity contribution < 1.29 is 13.9 Å². The van der Waals surface area contributed by atoms with Crippen molar-refractivity contribution in [1.29, 1.82) is 5.26 Å². The van der Waals surface area contributed by atoms with Gasteiger partial charge in [0.05, 0.1) is 17.9 Å². The van der Waals surface area contributed by atoms with Gasteiger partial charge >= 0.3 is 0 Å². The predicted molar refractivity (Wildman–Crippen MR) is 44.6 cm³/mol. The first-order valence-corrected chi connectivity index (χ1v) is 3.89. The topological polar surface area (TPSA) is 56.9 Å². The molecule has 0 atom stereocenters. The normalized spacial score (nSPS) is 10.3. The van der Waals surface area contributed by atoms with Gasteiger partial charge in [0.25, 0.3) is 6.43 Å². The molecule has 14 heavy (non-hydrogen) atoms. The second-order valence-corrected chi connectivity index (χ2v) is 2.74. The molecule has 0 bridgehead atoms. The van der Waals surface area contributed by atoms with Gasteiger partial charge < -0.3 is 5.11 Å². The average Bonchev–Trinajstić information content (AvgIpc) is 2.16. The van der Waals surface area contributed by atoms with Gasteiger partial charge in [0, 0.05) is 0 Å². The van der Waals surface area contributed by atoms with Gasteiger partial charge in [-0.1, -0.05) is 0 Å². The van der Waals surface area contributed by atoms with Crippen molar-refractivity contribution in [3.05, 3.63) is 28.6 Å². The Morgan fingerprint density at radius 1 is 1.64 bits per heavy atom. The summed E-state index contributed by atoms with van der Waals surface area (Å²) < 4.78 is 24.5. The zero-order valence-corrected chi connectivity index (χ0v) is 7.46. The highest BCUT2D eigenvalue weighted by Gasteiger charge is 2.14. The largest absolute Gasteiger partial charge is 0.392 e. The molecular formula is C9H8F2N2O. The average molecular weight is 198 g/mol. The molecule has 0 aliphatic carbocycles. The van der Waals surface area contributed by atoms with Crippen LogP contribution in [0.25, 0.3) is 0 Å². The maximum Gasteiger partial charge on any atom is 0.280 e. The van der Waals surface area contributed by atoms with Crippen molar-refractivity contribution >= 4 is 0 Å². The lowest BCUT2D eigenvalue weighted by Gasteiger charge is -2.06. The molecule has 0 aliphatic heterocycles. The van der Waals surface area contributed by atoms with Crippen molar-refractivity contribution in [2.45, 2.75) is 20.0 Å². The van der Waals surface area contributed by atoms with Crippen LogP contribution >= 0.6 is 0 Å². The van der Waals surface area contributed by atoms with Crippen LogP contribution in [0.5, 0.6) is 0 Å². The van der Waals surface area contributed by atoms with E-state index in [9.17, 15) is 8.78 Å². The summed E-state index contributed by atoms with van der Waals surface area (Å²) in [6.07, 6.45) is -2.69. The minimum Gasteiger partial charge on any atom is -0.392 e. The molecule has 0 fully saturated rings. The highest BCUT2D eigenvalue weighted by Crippen LogP contribution is 2.21. The van der Waals surface area contributed by atoms with E-state index in [1.54, 1.807) is 0 Å². The fourth-order valence-electron chi connectivity index (χ4n) is 1.15. The number of aliphatic hydroxyl groups excluding tert-OH is 1. The Hall–Kier alpha value is -1.54. The first-order chi connectivity index (χ1) is 6.60. The van der Waals surface area contributed by atoms with Crippen molar-refractivity contribution in [3.8, 4) is 6.07 Å². The van der Waals surface area contributed by atoms with Crippen LogP contribution in [0.15, 0.2) is 6.07 Å². The summed E-state index contributed by atoms with van der Waals surface area (Å²) in [6.45, 7) is 1.02. The Balaban J connectivity index is 3.33. The molecule has 0 saturated heterocycles. The number of hydrogen-bond acceptors (Lipinski definition) is 3. The number of halogens is 2. The molecule has 1 heterocycles. The van der Waals surface area contributed by atoms with Crippen LogP contribution in [-0.4, -0.2) is 10.1 Å². The Morgan fingerprint density at radius 3 is 2.71 bits per heavy atom. The number of hydrogen-bond donors (Lipinski definition) is 1. The molecule has 0 aromatic carbocycles. The second-order valence-electron chi connectivity index (χ2n) is 2.74. The van der Waals surface area contributed by atoms with Gasteiger partial charge in [-0.2, -0.15) is 5.26 Å². The lowest BCUT2D eigenvalue weighted by atomic mass is 10.1. The fourth-order valence-corrected chi connectivity index (χ4v) is 1.15. The van der Waals surface area contributed by atoms with Crippen LogP contribution in [0.3, 0.4) is 0 Å². The van der Waals surface area contributed by atoms with Gasteiger partial charge in [0.1, 0.15) is 11.8 Å². The molecule has 3 nitrogen and oxygen atoms in total. The minimum atomic E-state index is -2.69. The molecule has 0 spiro atoms. The third kappa shape index (κ3) is 1.86. The number of nitriles is 1. The monoisotopic (exact) mass is 198 g/mol. The van der Waals surface area contributed by atoms with E-state index in [4.69, 9.17) is 10.4 Å². The number of rotatable bonds is 2. The molecule has 0 aliphatic rings. The van der Waals surface area contributed by atoms with Gasteiger partial charge in [0.2, 0.25) is 0 Å². The van der Waals surface area contributed by atoms with Crippen LogP contribution in [0.2, 0.25) is 0 Å². The molecule has 5 heteroatoms. The van der Waals surface area contributed by atoms with Gasteiger partial charge in [-0.25, -0.2) is 8.78 Å². The Kier molecular flexibility index (Phi) is 3.10. The first-order valence-electron chi connectivity index (χ1n) is 3.89. The Bertz CT molecular complexity index is 385. The molecule has 1 N–H and O–H groups in total. The highest BCUT2D eigenvalue weighted by atomic mass is 19.3. The summed E-state index contributed by atoms with van der Waals surface area (Å²) in [5.74, 6) is 0. The highest BCUT2D eigenvalue weighted by molar-refractivity contribution is 5.41. The van der Waals surface area contributed by atoms with Crippen LogP contribution in [-0.2, 0) is 6.61 Å². The van der Waals surface area contributed by atoms with E-state index in [2.05, 4.69) is 4.98 Å². The zero-order chi connectivity index (χ0) is 10.7. The van der Waals surface area contributed by atoms with Gasteiger partial charge in [-0.15, -0.1) is 0 Å². The molecule has 0 amide bonds. The van der Waals surface area contributed by atoms with E-state index in [-0.39, 0.29) is 16.8 Å². The van der Waals surface area contributed by atoms with Crippen molar-refractivity contribution in [1.82, 2.24) is 4.98 Å². The van der Waals surface area contributed by atoms with E-state index >= 15 is 0 Å². The van der Waals surface area contributed by atoms with Crippen LogP contribution in [0.4, 0.5) is 8.78 Å². The van der Waals surface area contributed by atoms with Gasteiger partial charge in [-0.05, 0) is 18.6 Å². The van der Waals surface area contributed by atoms with Gasteiger partial charge in [-0.3, -0.25) is 4.98 Å². The van der Waals surface area contributed by atoms with E-state index in [0.717, 1.165) is 6.07 Å². The molecule has 1 aromatic rings. The summed E-state index contributed by atoms with van der Waals surface area (Å²) in [7, 11) is 0.